The van der Waals surface area contributed by atoms with Crippen molar-refractivity contribution in [3.63, 3.8) is 0 Å². The summed E-state index contributed by atoms with van der Waals surface area (Å²) >= 11 is 3.25. The van der Waals surface area contributed by atoms with Crippen LogP contribution in [-0.2, 0) is 6.42 Å². The number of nitrogens with two attached hydrogens (primary N) is 1. The lowest BCUT2D eigenvalue weighted by Crippen LogP contribution is -2.18. The monoisotopic (exact) mass is 275 g/mol. The quantitative estimate of drug-likeness (QED) is 0.917. The molecule has 84 valence electrons. The summed E-state index contributed by atoms with van der Waals surface area (Å²) in [5.74, 6) is -0.0279. The van der Waals surface area contributed by atoms with Crippen molar-refractivity contribution in [3.05, 3.63) is 28.0 Å². The Labute approximate surface area is 97.7 Å². The predicted molar refractivity (Wildman–Crippen MR) is 62.6 cm³/mol. The van der Waals surface area contributed by atoms with Gasteiger partial charge in [0.2, 0.25) is 0 Å². The van der Waals surface area contributed by atoms with Crippen LogP contribution in [0.4, 0.5) is 4.39 Å². The van der Waals surface area contributed by atoms with E-state index >= 15 is 0 Å². The third-order valence-corrected chi connectivity index (χ3v) is 2.37. The summed E-state index contributed by atoms with van der Waals surface area (Å²) in [6.45, 7) is 4.16. The van der Waals surface area contributed by atoms with Crippen molar-refractivity contribution >= 4 is 15.9 Å². The molecule has 1 rings (SSSR count). The maximum Gasteiger partial charge on any atom is 0.166 e. The standard InChI is InChI=1S/C11H15BrFNO/c1-3-15-11-8(4-7(2)14)5-9(12)6-10(11)13/h5-7H,3-4,14H2,1-2H3. The molecule has 0 amide bonds. The van der Waals surface area contributed by atoms with Gasteiger partial charge in [0.15, 0.2) is 11.6 Å². The van der Waals surface area contributed by atoms with E-state index in [9.17, 15) is 4.39 Å². The zero-order valence-corrected chi connectivity index (χ0v) is 10.5. The van der Waals surface area contributed by atoms with Crippen molar-refractivity contribution < 1.29 is 9.13 Å². The summed E-state index contributed by atoms with van der Waals surface area (Å²) < 4.78 is 19.5. The maximum atomic E-state index is 13.6. The Kier molecular flexibility index (Phi) is 4.54. The number of rotatable bonds is 4. The number of benzene rings is 1. The smallest absolute Gasteiger partial charge is 0.166 e. The molecule has 1 atom stereocenters. The first kappa shape index (κ1) is 12.5. The minimum absolute atomic E-state index is 0.0158. The molecular weight excluding hydrogens is 261 g/mol. The third kappa shape index (κ3) is 3.47. The molecule has 4 heteroatoms. The molecule has 0 spiro atoms. The molecule has 0 aliphatic rings. The molecule has 1 unspecified atom stereocenters. The summed E-state index contributed by atoms with van der Waals surface area (Å²) in [4.78, 5) is 0. The molecule has 0 saturated heterocycles. The van der Waals surface area contributed by atoms with E-state index in [1.165, 1.54) is 6.07 Å². The van der Waals surface area contributed by atoms with E-state index in [0.29, 0.717) is 23.2 Å². The average Bonchev–Trinajstić information content (AvgIpc) is 2.10. The highest BCUT2D eigenvalue weighted by atomic mass is 79.9. The minimum Gasteiger partial charge on any atom is -0.491 e. The topological polar surface area (TPSA) is 35.2 Å². The lowest BCUT2D eigenvalue weighted by Gasteiger charge is -2.13. The van der Waals surface area contributed by atoms with Crippen molar-refractivity contribution in [2.24, 2.45) is 5.73 Å². The Hall–Kier alpha value is -0.610. The van der Waals surface area contributed by atoms with E-state index < -0.39 is 0 Å². The first-order valence-electron chi connectivity index (χ1n) is 4.91. The average molecular weight is 276 g/mol. The van der Waals surface area contributed by atoms with Crippen LogP contribution in [0.3, 0.4) is 0 Å². The molecule has 1 aromatic carbocycles. The van der Waals surface area contributed by atoms with E-state index in [1.54, 1.807) is 0 Å². The second kappa shape index (κ2) is 5.47. The molecule has 0 aromatic heterocycles. The summed E-state index contributed by atoms with van der Waals surface area (Å²) in [6.07, 6.45) is 0.603. The van der Waals surface area contributed by atoms with Gasteiger partial charge >= 0.3 is 0 Å². The Morgan fingerprint density at radius 3 is 2.73 bits per heavy atom. The Balaban J connectivity index is 3.08. The highest BCUT2D eigenvalue weighted by Gasteiger charge is 2.12. The Morgan fingerprint density at radius 1 is 1.53 bits per heavy atom. The van der Waals surface area contributed by atoms with E-state index in [1.807, 2.05) is 19.9 Å². The van der Waals surface area contributed by atoms with E-state index in [-0.39, 0.29) is 11.9 Å². The zero-order valence-electron chi connectivity index (χ0n) is 8.89. The van der Waals surface area contributed by atoms with Gasteiger partial charge in [-0.2, -0.15) is 0 Å². The van der Waals surface area contributed by atoms with Crippen LogP contribution in [-0.4, -0.2) is 12.6 Å². The summed E-state index contributed by atoms with van der Waals surface area (Å²) in [6, 6.07) is 3.23. The van der Waals surface area contributed by atoms with Gasteiger partial charge in [0.05, 0.1) is 6.61 Å². The summed E-state index contributed by atoms with van der Waals surface area (Å²) in [5.41, 5.74) is 6.50. The van der Waals surface area contributed by atoms with Gasteiger partial charge in [-0.3, -0.25) is 0 Å². The van der Waals surface area contributed by atoms with Crippen LogP contribution in [0.25, 0.3) is 0 Å². The molecule has 0 bridgehead atoms. The minimum atomic E-state index is -0.345. The highest BCUT2D eigenvalue weighted by Crippen LogP contribution is 2.28. The van der Waals surface area contributed by atoms with Gasteiger partial charge in [0.1, 0.15) is 0 Å². The van der Waals surface area contributed by atoms with E-state index in [0.717, 1.165) is 5.56 Å². The predicted octanol–water partition coefficient (Wildman–Crippen LogP) is 2.88. The van der Waals surface area contributed by atoms with Crippen LogP contribution in [0.5, 0.6) is 5.75 Å². The Bertz CT molecular complexity index is 342. The first-order chi connectivity index (χ1) is 7.04. The van der Waals surface area contributed by atoms with Crippen molar-refractivity contribution in [1.29, 1.82) is 0 Å². The van der Waals surface area contributed by atoms with Gasteiger partial charge in [0, 0.05) is 10.5 Å². The molecule has 0 saturated carbocycles. The van der Waals surface area contributed by atoms with Crippen LogP contribution in [0, 0.1) is 5.82 Å². The van der Waals surface area contributed by atoms with Crippen molar-refractivity contribution in [2.45, 2.75) is 26.3 Å². The maximum absolute atomic E-state index is 13.6. The van der Waals surface area contributed by atoms with Crippen molar-refractivity contribution in [1.82, 2.24) is 0 Å². The second-order valence-electron chi connectivity index (χ2n) is 3.49. The third-order valence-electron chi connectivity index (χ3n) is 1.92. The van der Waals surface area contributed by atoms with Gasteiger partial charge in [-0.1, -0.05) is 15.9 Å². The molecule has 0 fully saturated rings. The molecule has 2 nitrogen and oxygen atoms in total. The van der Waals surface area contributed by atoms with Gasteiger partial charge in [0.25, 0.3) is 0 Å². The molecule has 0 aliphatic heterocycles. The number of halogens is 2. The normalized spacial score (nSPS) is 12.6. The molecule has 15 heavy (non-hydrogen) atoms. The van der Waals surface area contributed by atoms with Crippen LogP contribution in [0.1, 0.15) is 19.4 Å². The fourth-order valence-corrected chi connectivity index (χ4v) is 1.90. The molecule has 0 heterocycles. The fraction of sp³-hybridized carbons (Fsp3) is 0.455. The molecule has 2 N–H and O–H groups in total. The molecule has 1 aromatic rings. The lowest BCUT2D eigenvalue weighted by molar-refractivity contribution is 0.317. The SMILES string of the molecule is CCOc1c(F)cc(Br)cc1CC(C)N. The van der Waals surface area contributed by atoms with E-state index in [4.69, 9.17) is 10.5 Å². The van der Waals surface area contributed by atoms with Crippen molar-refractivity contribution in [2.75, 3.05) is 6.61 Å². The van der Waals surface area contributed by atoms with Crippen molar-refractivity contribution in [3.8, 4) is 5.75 Å². The lowest BCUT2D eigenvalue weighted by atomic mass is 10.1. The number of hydrogen-bond acceptors (Lipinski definition) is 2. The van der Waals surface area contributed by atoms with Gasteiger partial charge < -0.3 is 10.5 Å². The molecule has 0 aliphatic carbocycles. The van der Waals surface area contributed by atoms with Gasteiger partial charge in [-0.25, -0.2) is 4.39 Å². The summed E-state index contributed by atoms with van der Waals surface area (Å²) in [7, 11) is 0. The van der Waals surface area contributed by atoms with Gasteiger partial charge in [-0.15, -0.1) is 0 Å². The largest absolute Gasteiger partial charge is 0.491 e. The van der Waals surface area contributed by atoms with Crippen LogP contribution >= 0.6 is 15.9 Å². The number of ether oxygens (including phenoxy) is 1. The fourth-order valence-electron chi connectivity index (χ4n) is 1.42. The molecular formula is C11H15BrFNO. The zero-order chi connectivity index (χ0) is 11.4. The Morgan fingerprint density at radius 2 is 2.20 bits per heavy atom. The first-order valence-corrected chi connectivity index (χ1v) is 5.70. The van der Waals surface area contributed by atoms with Crippen LogP contribution in [0.2, 0.25) is 0 Å². The number of hydrogen-bond donors (Lipinski definition) is 1. The van der Waals surface area contributed by atoms with E-state index in [2.05, 4.69) is 15.9 Å². The second-order valence-corrected chi connectivity index (χ2v) is 4.41. The summed E-state index contributed by atoms with van der Waals surface area (Å²) in [5, 5.41) is 0. The highest BCUT2D eigenvalue weighted by molar-refractivity contribution is 9.10. The van der Waals surface area contributed by atoms with Crippen LogP contribution in [0.15, 0.2) is 16.6 Å². The molecule has 0 radical (unpaired) electrons. The van der Waals surface area contributed by atoms with Crippen LogP contribution < -0.4 is 10.5 Å². The van der Waals surface area contributed by atoms with Gasteiger partial charge in [-0.05, 0) is 38.0 Å².